The Balaban J connectivity index is 1.85. The Kier molecular flexibility index (Phi) is 4.18. The van der Waals surface area contributed by atoms with Crippen LogP contribution in [0.3, 0.4) is 0 Å². The molecule has 5 nitrogen and oxygen atoms in total. The molecule has 2 aromatic rings. The normalized spacial score (nSPS) is 10.2. The zero-order valence-corrected chi connectivity index (χ0v) is 11.2. The van der Waals surface area contributed by atoms with Crippen molar-refractivity contribution in [3.63, 3.8) is 0 Å². The molecule has 0 aliphatic rings. The van der Waals surface area contributed by atoms with Gasteiger partial charge in [-0.3, -0.25) is 4.79 Å². The summed E-state index contributed by atoms with van der Waals surface area (Å²) in [7, 11) is 3.94. The molecule has 100 valence electrons. The van der Waals surface area contributed by atoms with Gasteiger partial charge in [0.25, 0.3) is 5.91 Å². The summed E-state index contributed by atoms with van der Waals surface area (Å²) < 4.78 is 1.93. The lowest BCUT2D eigenvalue weighted by atomic mass is 10.2. The molecule has 2 rings (SSSR count). The van der Waals surface area contributed by atoms with Crippen molar-refractivity contribution in [2.45, 2.75) is 6.54 Å². The fraction of sp³-hybridized carbons (Fsp3) is 0.286. The standard InChI is InChI=1S/C14H18N4O/c1-17(2)13-5-3-12(4-6-13)14(19)16-8-10-18-9-7-15-11-18/h3-7,9,11H,8,10H2,1-2H3,(H,16,19). The van der Waals surface area contributed by atoms with Gasteiger partial charge in [0, 0.05) is 50.8 Å². The average molecular weight is 258 g/mol. The highest BCUT2D eigenvalue weighted by atomic mass is 16.1. The summed E-state index contributed by atoms with van der Waals surface area (Å²) in [5.41, 5.74) is 1.76. The van der Waals surface area contributed by atoms with Crippen molar-refractivity contribution in [1.82, 2.24) is 14.9 Å². The Morgan fingerprint density at radius 3 is 2.63 bits per heavy atom. The molecule has 0 atom stereocenters. The first-order chi connectivity index (χ1) is 9.16. The molecule has 0 bridgehead atoms. The SMILES string of the molecule is CN(C)c1ccc(C(=O)NCCn2ccnc2)cc1. The molecule has 0 fully saturated rings. The molecule has 0 aliphatic carbocycles. The van der Waals surface area contributed by atoms with E-state index in [-0.39, 0.29) is 5.91 Å². The molecule has 1 aromatic carbocycles. The van der Waals surface area contributed by atoms with Gasteiger partial charge in [-0.2, -0.15) is 0 Å². The number of nitrogens with one attached hydrogen (secondary N) is 1. The van der Waals surface area contributed by atoms with Crippen LogP contribution in [0.25, 0.3) is 0 Å². The van der Waals surface area contributed by atoms with E-state index in [9.17, 15) is 4.79 Å². The van der Waals surface area contributed by atoms with Gasteiger partial charge in [-0.05, 0) is 24.3 Å². The Hall–Kier alpha value is -2.30. The number of aromatic nitrogens is 2. The number of rotatable bonds is 5. The number of benzene rings is 1. The van der Waals surface area contributed by atoms with Crippen molar-refractivity contribution < 1.29 is 4.79 Å². The summed E-state index contributed by atoms with van der Waals surface area (Å²) in [4.78, 5) is 17.9. The van der Waals surface area contributed by atoms with Crippen LogP contribution in [-0.2, 0) is 6.54 Å². The minimum atomic E-state index is -0.0505. The van der Waals surface area contributed by atoms with Gasteiger partial charge in [0.05, 0.1) is 6.33 Å². The van der Waals surface area contributed by atoms with Crippen molar-refractivity contribution in [3.8, 4) is 0 Å². The van der Waals surface area contributed by atoms with Crippen molar-refractivity contribution in [2.24, 2.45) is 0 Å². The lowest BCUT2D eigenvalue weighted by Gasteiger charge is -2.12. The van der Waals surface area contributed by atoms with Crippen LogP contribution in [0, 0.1) is 0 Å². The molecule has 1 aromatic heterocycles. The van der Waals surface area contributed by atoms with Crippen molar-refractivity contribution in [2.75, 3.05) is 25.5 Å². The van der Waals surface area contributed by atoms with Crippen LogP contribution in [-0.4, -0.2) is 36.1 Å². The highest BCUT2D eigenvalue weighted by Crippen LogP contribution is 2.11. The Morgan fingerprint density at radius 2 is 2.05 bits per heavy atom. The quantitative estimate of drug-likeness (QED) is 0.881. The molecule has 0 spiro atoms. The first-order valence-corrected chi connectivity index (χ1v) is 6.18. The molecule has 1 N–H and O–H groups in total. The van der Waals surface area contributed by atoms with E-state index < -0.39 is 0 Å². The van der Waals surface area contributed by atoms with Crippen LogP contribution in [0.1, 0.15) is 10.4 Å². The van der Waals surface area contributed by atoms with Gasteiger partial charge >= 0.3 is 0 Å². The third-order valence-corrected chi connectivity index (χ3v) is 2.86. The van der Waals surface area contributed by atoms with Crippen molar-refractivity contribution in [3.05, 3.63) is 48.5 Å². The van der Waals surface area contributed by atoms with Crippen LogP contribution < -0.4 is 10.2 Å². The zero-order valence-electron chi connectivity index (χ0n) is 11.2. The second-order valence-corrected chi connectivity index (χ2v) is 4.50. The largest absolute Gasteiger partial charge is 0.378 e. The molecule has 0 saturated carbocycles. The van der Waals surface area contributed by atoms with Crippen LogP contribution >= 0.6 is 0 Å². The first-order valence-electron chi connectivity index (χ1n) is 6.18. The van der Waals surface area contributed by atoms with Crippen LogP contribution in [0.5, 0.6) is 0 Å². The number of anilines is 1. The maximum absolute atomic E-state index is 11.9. The topological polar surface area (TPSA) is 50.2 Å². The summed E-state index contributed by atoms with van der Waals surface area (Å²) in [6, 6.07) is 7.54. The number of carbonyl (C=O) groups excluding carboxylic acids is 1. The van der Waals surface area contributed by atoms with Crippen LogP contribution in [0.15, 0.2) is 43.0 Å². The predicted octanol–water partition coefficient (Wildman–Crippen LogP) is 1.38. The maximum atomic E-state index is 11.9. The van der Waals surface area contributed by atoms with E-state index in [0.29, 0.717) is 12.1 Å². The number of imidazole rings is 1. The Morgan fingerprint density at radius 1 is 1.32 bits per heavy atom. The first kappa shape index (κ1) is 13.1. The van der Waals surface area contributed by atoms with Gasteiger partial charge in [-0.25, -0.2) is 4.98 Å². The second kappa shape index (κ2) is 6.04. The Labute approximate surface area is 112 Å². The predicted molar refractivity (Wildman–Crippen MR) is 75.3 cm³/mol. The number of amides is 1. The highest BCUT2D eigenvalue weighted by Gasteiger charge is 2.05. The molecule has 0 unspecified atom stereocenters. The molecular formula is C14H18N4O. The van der Waals surface area contributed by atoms with Gasteiger partial charge in [-0.15, -0.1) is 0 Å². The second-order valence-electron chi connectivity index (χ2n) is 4.50. The molecule has 0 aliphatic heterocycles. The fourth-order valence-corrected chi connectivity index (χ4v) is 1.73. The number of carbonyl (C=O) groups is 1. The smallest absolute Gasteiger partial charge is 0.251 e. The zero-order chi connectivity index (χ0) is 13.7. The monoisotopic (exact) mass is 258 g/mol. The van der Waals surface area contributed by atoms with Gasteiger partial charge < -0.3 is 14.8 Å². The van der Waals surface area contributed by atoms with Crippen LogP contribution in [0.4, 0.5) is 5.69 Å². The minimum Gasteiger partial charge on any atom is -0.378 e. The molecule has 0 saturated heterocycles. The summed E-state index contributed by atoms with van der Waals surface area (Å²) in [6.45, 7) is 1.31. The third-order valence-electron chi connectivity index (χ3n) is 2.86. The number of nitrogens with zero attached hydrogens (tertiary/aromatic N) is 3. The van der Waals surface area contributed by atoms with E-state index in [0.717, 1.165) is 12.2 Å². The molecule has 19 heavy (non-hydrogen) atoms. The lowest BCUT2D eigenvalue weighted by Crippen LogP contribution is -2.27. The van der Waals surface area contributed by atoms with E-state index in [1.54, 1.807) is 12.5 Å². The van der Waals surface area contributed by atoms with E-state index in [1.165, 1.54) is 0 Å². The van der Waals surface area contributed by atoms with E-state index in [1.807, 2.05) is 54.0 Å². The molecule has 5 heteroatoms. The van der Waals surface area contributed by atoms with Gasteiger partial charge in [0.15, 0.2) is 0 Å². The van der Waals surface area contributed by atoms with Crippen molar-refractivity contribution >= 4 is 11.6 Å². The highest BCUT2D eigenvalue weighted by molar-refractivity contribution is 5.94. The average Bonchev–Trinajstić information content (AvgIpc) is 2.92. The fourth-order valence-electron chi connectivity index (χ4n) is 1.73. The van der Waals surface area contributed by atoms with Crippen LogP contribution in [0.2, 0.25) is 0 Å². The van der Waals surface area contributed by atoms with E-state index >= 15 is 0 Å². The van der Waals surface area contributed by atoms with Gasteiger partial charge in [-0.1, -0.05) is 0 Å². The molecule has 1 heterocycles. The Bertz CT molecular complexity index is 517. The van der Waals surface area contributed by atoms with Gasteiger partial charge in [0.2, 0.25) is 0 Å². The maximum Gasteiger partial charge on any atom is 0.251 e. The van der Waals surface area contributed by atoms with E-state index in [4.69, 9.17) is 0 Å². The number of hydrogen-bond acceptors (Lipinski definition) is 3. The van der Waals surface area contributed by atoms with Gasteiger partial charge in [0.1, 0.15) is 0 Å². The summed E-state index contributed by atoms with van der Waals surface area (Å²) in [6.07, 6.45) is 5.33. The number of hydrogen-bond donors (Lipinski definition) is 1. The summed E-state index contributed by atoms with van der Waals surface area (Å²) in [5.74, 6) is -0.0505. The summed E-state index contributed by atoms with van der Waals surface area (Å²) >= 11 is 0. The third kappa shape index (κ3) is 3.58. The minimum absolute atomic E-state index is 0.0505. The molecule has 0 radical (unpaired) electrons. The summed E-state index contributed by atoms with van der Waals surface area (Å²) in [5, 5.41) is 2.88. The molecular weight excluding hydrogens is 240 g/mol. The lowest BCUT2D eigenvalue weighted by molar-refractivity contribution is 0.0952. The molecule has 1 amide bonds. The van der Waals surface area contributed by atoms with Crippen molar-refractivity contribution in [1.29, 1.82) is 0 Å². The van der Waals surface area contributed by atoms with E-state index in [2.05, 4.69) is 10.3 Å².